The fraction of sp³-hybridized carbons (Fsp3) is 0.226. The summed E-state index contributed by atoms with van der Waals surface area (Å²) in [6, 6.07) is 17.5. The van der Waals surface area contributed by atoms with Gasteiger partial charge >= 0.3 is 0 Å². The molecule has 0 atom stereocenters. The number of allylic oxidation sites excluding steroid dienone is 8. The lowest BCUT2D eigenvalue weighted by Crippen LogP contribution is -1.96. The highest BCUT2D eigenvalue weighted by molar-refractivity contribution is 7.19. The van der Waals surface area contributed by atoms with Crippen molar-refractivity contribution in [2.75, 3.05) is 7.11 Å². The molecule has 0 bridgehead atoms. The van der Waals surface area contributed by atoms with E-state index < -0.39 is 0 Å². The number of methoxy groups -OCH3 is 1. The SMILES string of the molecule is COc1cc(-c2ccc(C3=CC(=C(C#N)C#N)CCC3)o2)sc1-c1ccc(C2=CC(=C(C#N)C#N)CCC2)o1. The van der Waals surface area contributed by atoms with E-state index in [9.17, 15) is 21.0 Å². The predicted molar refractivity (Wildman–Crippen MR) is 146 cm³/mol. The minimum Gasteiger partial charge on any atom is -0.495 e. The summed E-state index contributed by atoms with van der Waals surface area (Å²) in [4.78, 5) is 1.70. The molecule has 3 aromatic heterocycles. The van der Waals surface area contributed by atoms with E-state index >= 15 is 0 Å². The van der Waals surface area contributed by atoms with E-state index in [-0.39, 0.29) is 11.1 Å². The summed E-state index contributed by atoms with van der Waals surface area (Å²) in [6.45, 7) is 0. The first kappa shape index (κ1) is 25.6. The van der Waals surface area contributed by atoms with E-state index in [4.69, 9.17) is 13.6 Å². The second-order valence-corrected chi connectivity index (χ2v) is 10.2. The van der Waals surface area contributed by atoms with Gasteiger partial charge in [-0.05, 0) is 85.1 Å². The van der Waals surface area contributed by atoms with Crippen molar-refractivity contribution in [3.8, 4) is 51.3 Å². The summed E-state index contributed by atoms with van der Waals surface area (Å²) in [5.41, 5.74) is 3.72. The van der Waals surface area contributed by atoms with Crippen LogP contribution >= 0.6 is 11.3 Å². The maximum absolute atomic E-state index is 9.24. The van der Waals surface area contributed by atoms with E-state index in [1.54, 1.807) is 7.11 Å². The average Bonchev–Trinajstić information content (AvgIpc) is 3.74. The second-order valence-electron chi connectivity index (χ2n) is 9.13. The third-order valence-corrected chi connectivity index (χ3v) is 7.95. The summed E-state index contributed by atoms with van der Waals surface area (Å²) < 4.78 is 18.1. The van der Waals surface area contributed by atoms with Crippen molar-refractivity contribution in [1.82, 2.24) is 0 Å². The lowest BCUT2D eigenvalue weighted by Gasteiger charge is -2.13. The van der Waals surface area contributed by atoms with Crippen LogP contribution in [0, 0.1) is 45.3 Å². The lowest BCUT2D eigenvalue weighted by atomic mass is 9.91. The van der Waals surface area contributed by atoms with Gasteiger partial charge < -0.3 is 13.6 Å². The Balaban J connectivity index is 1.44. The van der Waals surface area contributed by atoms with Crippen LogP contribution in [0.25, 0.3) is 32.4 Å². The van der Waals surface area contributed by atoms with Gasteiger partial charge in [0, 0.05) is 6.07 Å². The zero-order valence-electron chi connectivity index (χ0n) is 21.2. The van der Waals surface area contributed by atoms with Crippen LogP contribution in [-0.2, 0) is 0 Å². The maximum atomic E-state index is 9.24. The standard InChI is InChI=1S/C31H22N4O3S/c1-36-29-14-30(27-10-8-25(37-27)21-6-2-4-19(12-21)23(15-32)16-33)39-31(29)28-11-9-26(38-28)22-7-3-5-20(13-22)24(17-34)18-35/h8-14H,2-7H2,1H3. The van der Waals surface area contributed by atoms with Gasteiger partial charge in [-0.1, -0.05) is 12.2 Å². The number of thiophene rings is 1. The fourth-order valence-corrected chi connectivity index (χ4v) is 5.91. The largest absolute Gasteiger partial charge is 0.495 e. The second kappa shape index (κ2) is 11.2. The Morgan fingerprint density at radius 3 is 1.72 bits per heavy atom. The molecule has 3 heterocycles. The third-order valence-electron chi connectivity index (χ3n) is 6.80. The van der Waals surface area contributed by atoms with E-state index in [1.807, 2.05) is 66.8 Å². The molecule has 0 saturated carbocycles. The first-order valence-electron chi connectivity index (χ1n) is 12.4. The van der Waals surface area contributed by atoms with E-state index in [2.05, 4.69) is 0 Å². The molecule has 8 heteroatoms. The van der Waals surface area contributed by atoms with Gasteiger partial charge in [-0.15, -0.1) is 11.3 Å². The topological polar surface area (TPSA) is 131 Å². The molecule has 0 aromatic carbocycles. The molecule has 5 rings (SSSR count). The highest BCUT2D eigenvalue weighted by Crippen LogP contribution is 2.45. The zero-order valence-corrected chi connectivity index (χ0v) is 22.0. The quantitative estimate of drug-likeness (QED) is 0.304. The van der Waals surface area contributed by atoms with Crippen LogP contribution in [-0.4, -0.2) is 7.11 Å². The van der Waals surface area contributed by atoms with Crippen LogP contribution in [0.1, 0.15) is 50.0 Å². The molecule has 190 valence electrons. The molecule has 7 nitrogen and oxygen atoms in total. The Labute approximate surface area is 230 Å². The van der Waals surface area contributed by atoms with Gasteiger partial charge in [0.1, 0.15) is 69.1 Å². The molecule has 2 aliphatic rings. The van der Waals surface area contributed by atoms with Crippen LogP contribution < -0.4 is 4.74 Å². The van der Waals surface area contributed by atoms with Gasteiger partial charge in [0.05, 0.1) is 12.0 Å². The van der Waals surface area contributed by atoms with Crippen molar-refractivity contribution in [2.45, 2.75) is 38.5 Å². The number of rotatable bonds is 5. The number of ether oxygens (including phenoxy) is 1. The molecule has 0 aliphatic heterocycles. The highest BCUT2D eigenvalue weighted by Gasteiger charge is 2.22. The molecule has 0 spiro atoms. The van der Waals surface area contributed by atoms with Crippen molar-refractivity contribution >= 4 is 22.5 Å². The number of furan rings is 2. The van der Waals surface area contributed by atoms with Crippen LogP contribution in [0.4, 0.5) is 0 Å². The van der Waals surface area contributed by atoms with Crippen molar-refractivity contribution < 1.29 is 13.6 Å². The molecule has 0 radical (unpaired) electrons. The smallest absolute Gasteiger partial charge is 0.148 e. The number of nitriles is 4. The van der Waals surface area contributed by atoms with Crippen LogP contribution in [0.15, 0.2) is 73.6 Å². The minimum absolute atomic E-state index is 0.146. The molecule has 0 unspecified atom stereocenters. The van der Waals surface area contributed by atoms with E-state index in [0.717, 1.165) is 57.7 Å². The van der Waals surface area contributed by atoms with Crippen molar-refractivity contribution in [3.05, 3.63) is 76.3 Å². The summed E-state index contributed by atoms with van der Waals surface area (Å²) in [5.74, 6) is 3.44. The summed E-state index contributed by atoms with van der Waals surface area (Å²) in [6.07, 6.45) is 8.51. The van der Waals surface area contributed by atoms with Gasteiger partial charge in [-0.3, -0.25) is 0 Å². The third kappa shape index (κ3) is 5.07. The molecular formula is C31H22N4O3S. The van der Waals surface area contributed by atoms with Crippen LogP contribution in [0.2, 0.25) is 0 Å². The fourth-order valence-electron chi connectivity index (χ4n) is 4.86. The molecule has 3 aromatic rings. The molecule has 0 N–H and O–H groups in total. The Bertz CT molecular complexity index is 1710. The van der Waals surface area contributed by atoms with E-state index in [0.29, 0.717) is 41.6 Å². The first-order chi connectivity index (χ1) is 19.1. The molecular weight excluding hydrogens is 508 g/mol. The highest BCUT2D eigenvalue weighted by atomic mass is 32.1. The zero-order chi connectivity index (χ0) is 27.4. The predicted octanol–water partition coefficient (Wildman–Crippen LogP) is 8.10. The Morgan fingerprint density at radius 2 is 1.21 bits per heavy atom. The molecule has 39 heavy (non-hydrogen) atoms. The van der Waals surface area contributed by atoms with Gasteiger partial charge in [0.2, 0.25) is 0 Å². The monoisotopic (exact) mass is 530 g/mol. The Morgan fingerprint density at radius 1 is 0.718 bits per heavy atom. The Hall–Kier alpha value is -5.02. The molecule has 0 amide bonds. The number of hydrogen-bond donors (Lipinski definition) is 0. The van der Waals surface area contributed by atoms with Gasteiger partial charge in [0.25, 0.3) is 0 Å². The minimum atomic E-state index is 0.146. The van der Waals surface area contributed by atoms with Crippen molar-refractivity contribution in [2.24, 2.45) is 0 Å². The lowest BCUT2D eigenvalue weighted by molar-refractivity contribution is 0.416. The van der Waals surface area contributed by atoms with Gasteiger partial charge in [0.15, 0.2) is 0 Å². The van der Waals surface area contributed by atoms with Gasteiger partial charge in [-0.2, -0.15) is 21.0 Å². The molecule has 0 saturated heterocycles. The molecule has 2 aliphatic carbocycles. The summed E-state index contributed by atoms with van der Waals surface area (Å²) >= 11 is 1.49. The van der Waals surface area contributed by atoms with Crippen molar-refractivity contribution in [1.29, 1.82) is 21.0 Å². The molecule has 0 fully saturated rings. The summed E-state index contributed by atoms with van der Waals surface area (Å²) in [7, 11) is 1.61. The van der Waals surface area contributed by atoms with Crippen LogP contribution in [0.5, 0.6) is 5.75 Å². The van der Waals surface area contributed by atoms with Gasteiger partial charge in [-0.25, -0.2) is 0 Å². The summed E-state index contributed by atoms with van der Waals surface area (Å²) in [5, 5.41) is 36.9. The van der Waals surface area contributed by atoms with Crippen LogP contribution in [0.3, 0.4) is 0 Å². The Kier molecular flexibility index (Phi) is 7.33. The normalized spacial score (nSPS) is 14.8. The number of nitrogens with zero attached hydrogens (tertiary/aromatic N) is 4. The van der Waals surface area contributed by atoms with E-state index in [1.165, 1.54) is 11.3 Å². The van der Waals surface area contributed by atoms with Crippen molar-refractivity contribution in [3.63, 3.8) is 0 Å². The average molecular weight is 531 g/mol. The number of hydrogen-bond acceptors (Lipinski definition) is 8. The first-order valence-corrected chi connectivity index (χ1v) is 13.3. The maximum Gasteiger partial charge on any atom is 0.148 e.